The molecule has 122 valence electrons. The molecule has 1 saturated heterocycles. The van der Waals surface area contributed by atoms with E-state index in [4.69, 9.17) is 9.84 Å². The van der Waals surface area contributed by atoms with Gasteiger partial charge >= 0.3 is 5.97 Å². The van der Waals surface area contributed by atoms with Crippen LogP contribution >= 0.6 is 0 Å². The van der Waals surface area contributed by atoms with Crippen LogP contribution in [0.15, 0.2) is 0 Å². The normalized spacial score (nSPS) is 18.1. The molecule has 0 bridgehead atoms. The number of nitrogens with one attached hydrogen (secondary N) is 1. The smallest absolute Gasteiger partial charge is 0.306 e. The van der Waals surface area contributed by atoms with Crippen LogP contribution in [-0.2, 0) is 24.3 Å². The third-order valence-corrected chi connectivity index (χ3v) is 5.14. The number of hydrogen-bond donors (Lipinski definition) is 2. The lowest BCUT2D eigenvalue weighted by molar-refractivity contribution is -0.141. The Kier molecular flexibility index (Phi) is 7.06. The van der Waals surface area contributed by atoms with E-state index in [0.29, 0.717) is 32.7 Å². The Labute approximate surface area is 124 Å². The number of hydrogen-bond acceptors (Lipinski definition) is 5. The Morgan fingerprint density at radius 3 is 2.52 bits per heavy atom. The summed E-state index contributed by atoms with van der Waals surface area (Å²) in [4.78, 5) is 22.2. The molecule has 1 aliphatic heterocycles. The number of carbonyl (C=O) groups excluding carboxylic acids is 1. The lowest BCUT2D eigenvalue weighted by atomic mass is 10.1. The lowest BCUT2D eigenvalue weighted by Gasteiger charge is -2.25. The molecule has 0 radical (unpaired) electrons. The molecule has 1 unspecified atom stereocenters. The number of amides is 1. The maximum absolute atomic E-state index is 12.0. The van der Waals surface area contributed by atoms with Gasteiger partial charge < -0.3 is 15.2 Å². The quantitative estimate of drug-likeness (QED) is 0.609. The summed E-state index contributed by atoms with van der Waals surface area (Å²) in [6.45, 7) is 3.17. The summed E-state index contributed by atoms with van der Waals surface area (Å²) in [5.74, 6) is -2.08. The maximum Gasteiger partial charge on any atom is 0.306 e. The molecule has 9 heteroatoms. The van der Waals surface area contributed by atoms with E-state index in [2.05, 4.69) is 5.32 Å². The van der Waals surface area contributed by atoms with Gasteiger partial charge in [0.05, 0.1) is 24.9 Å². The molecule has 0 aromatic heterocycles. The number of carboxylic acids is 1. The molecule has 1 amide bonds. The molecule has 0 spiro atoms. The van der Waals surface area contributed by atoms with Crippen molar-refractivity contribution in [2.24, 2.45) is 5.92 Å². The van der Waals surface area contributed by atoms with Crippen molar-refractivity contribution < 1.29 is 27.9 Å². The number of nitrogens with zero attached hydrogens (tertiary/aromatic N) is 1. The third kappa shape index (κ3) is 6.40. The molecule has 2 N–H and O–H groups in total. The highest BCUT2D eigenvalue weighted by Crippen LogP contribution is 2.07. The van der Waals surface area contributed by atoms with Gasteiger partial charge in [-0.05, 0) is 6.42 Å². The summed E-state index contributed by atoms with van der Waals surface area (Å²) in [6, 6.07) is 0. The molecule has 0 aromatic rings. The van der Waals surface area contributed by atoms with Gasteiger partial charge in [0.15, 0.2) is 0 Å². The molecule has 1 rings (SSSR count). The van der Waals surface area contributed by atoms with Gasteiger partial charge in [0.2, 0.25) is 15.9 Å². The Bertz CT molecular complexity index is 458. The van der Waals surface area contributed by atoms with Crippen LogP contribution in [0.1, 0.15) is 19.8 Å². The molecule has 1 fully saturated rings. The van der Waals surface area contributed by atoms with Gasteiger partial charge in [-0.1, -0.05) is 6.92 Å². The molecular formula is C12H22N2O6S. The number of rotatable bonds is 8. The fourth-order valence-electron chi connectivity index (χ4n) is 1.82. The van der Waals surface area contributed by atoms with Crippen molar-refractivity contribution >= 4 is 21.9 Å². The van der Waals surface area contributed by atoms with E-state index in [1.165, 1.54) is 4.31 Å². The Hall–Kier alpha value is -1.19. The number of morpholine rings is 1. The van der Waals surface area contributed by atoms with E-state index >= 15 is 0 Å². The highest BCUT2D eigenvalue weighted by molar-refractivity contribution is 7.89. The van der Waals surface area contributed by atoms with Crippen LogP contribution in [0.25, 0.3) is 0 Å². The van der Waals surface area contributed by atoms with Gasteiger partial charge in [0, 0.05) is 26.1 Å². The van der Waals surface area contributed by atoms with E-state index in [-0.39, 0.29) is 24.6 Å². The fraction of sp³-hybridized carbons (Fsp3) is 0.833. The SMILES string of the molecule is CC(CCNC(=O)CCS(=O)(=O)N1CCOCC1)C(=O)O. The van der Waals surface area contributed by atoms with Crippen LogP contribution in [0, 0.1) is 5.92 Å². The number of carboxylic acid groups (broad SMARTS) is 1. The van der Waals surface area contributed by atoms with E-state index in [1.807, 2.05) is 0 Å². The molecule has 1 aliphatic rings. The summed E-state index contributed by atoms with van der Waals surface area (Å²) in [5.41, 5.74) is 0. The second-order valence-electron chi connectivity index (χ2n) is 4.96. The van der Waals surface area contributed by atoms with Crippen molar-refractivity contribution in [3.05, 3.63) is 0 Å². The van der Waals surface area contributed by atoms with E-state index in [0.717, 1.165) is 0 Å². The van der Waals surface area contributed by atoms with Crippen LogP contribution in [-0.4, -0.2) is 68.3 Å². The lowest BCUT2D eigenvalue weighted by Crippen LogP contribution is -2.42. The van der Waals surface area contributed by atoms with Crippen molar-refractivity contribution in [2.75, 3.05) is 38.6 Å². The van der Waals surface area contributed by atoms with Crippen molar-refractivity contribution in [2.45, 2.75) is 19.8 Å². The second kappa shape index (κ2) is 8.30. The minimum atomic E-state index is -3.43. The van der Waals surface area contributed by atoms with Crippen LogP contribution in [0.4, 0.5) is 0 Å². The van der Waals surface area contributed by atoms with E-state index in [9.17, 15) is 18.0 Å². The number of sulfonamides is 1. The average molecular weight is 322 g/mol. The second-order valence-corrected chi connectivity index (χ2v) is 7.04. The summed E-state index contributed by atoms with van der Waals surface area (Å²) in [7, 11) is -3.43. The summed E-state index contributed by atoms with van der Waals surface area (Å²) in [6.07, 6.45) is 0.193. The molecule has 8 nitrogen and oxygen atoms in total. The summed E-state index contributed by atoms with van der Waals surface area (Å²) in [5, 5.41) is 11.2. The Balaban J connectivity index is 2.27. The standard InChI is InChI=1S/C12H22N2O6S/c1-10(12(16)17)2-4-13-11(15)3-9-21(18,19)14-5-7-20-8-6-14/h10H,2-9H2,1H3,(H,13,15)(H,16,17). The van der Waals surface area contributed by atoms with E-state index < -0.39 is 21.9 Å². The minimum Gasteiger partial charge on any atom is -0.481 e. The third-order valence-electron chi connectivity index (χ3n) is 3.27. The van der Waals surface area contributed by atoms with Crippen LogP contribution < -0.4 is 5.32 Å². The summed E-state index contributed by atoms with van der Waals surface area (Å²) < 4.78 is 30.4. The monoisotopic (exact) mass is 322 g/mol. The molecule has 0 aliphatic carbocycles. The molecule has 0 saturated carbocycles. The Morgan fingerprint density at radius 1 is 1.33 bits per heavy atom. The number of carbonyl (C=O) groups is 2. The van der Waals surface area contributed by atoms with Crippen molar-refractivity contribution in [1.82, 2.24) is 9.62 Å². The van der Waals surface area contributed by atoms with Crippen molar-refractivity contribution in [3.63, 3.8) is 0 Å². The van der Waals surface area contributed by atoms with Gasteiger partial charge in [0.1, 0.15) is 0 Å². The maximum atomic E-state index is 12.0. The largest absolute Gasteiger partial charge is 0.481 e. The van der Waals surface area contributed by atoms with Crippen molar-refractivity contribution in [3.8, 4) is 0 Å². The first-order chi connectivity index (χ1) is 9.83. The van der Waals surface area contributed by atoms with Gasteiger partial charge in [0.25, 0.3) is 0 Å². The molecular weight excluding hydrogens is 300 g/mol. The zero-order valence-electron chi connectivity index (χ0n) is 12.1. The highest BCUT2D eigenvalue weighted by atomic mass is 32.2. The Morgan fingerprint density at radius 2 is 1.95 bits per heavy atom. The van der Waals surface area contributed by atoms with Gasteiger partial charge in [-0.3, -0.25) is 9.59 Å². The van der Waals surface area contributed by atoms with Crippen LogP contribution in [0.2, 0.25) is 0 Å². The molecule has 21 heavy (non-hydrogen) atoms. The fourth-order valence-corrected chi connectivity index (χ4v) is 3.22. The predicted octanol–water partition coefficient (Wildman–Crippen LogP) is -0.734. The first-order valence-electron chi connectivity index (χ1n) is 6.88. The first-order valence-corrected chi connectivity index (χ1v) is 8.49. The van der Waals surface area contributed by atoms with Gasteiger partial charge in [-0.2, -0.15) is 4.31 Å². The number of ether oxygens (including phenoxy) is 1. The summed E-state index contributed by atoms with van der Waals surface area (Å²) >= 11 is 0. The highest BCUT2D eigenvalue weighted by Gasteiger charge is 2.24. The number of aliphatic carboxylic acids is 1. The average Bonchev–Trinajstić information content (AvgIpc) is 2.46. The van der Waals surface area contributed by atoms with Gasteiger partial charge in [-0.25, -0.2) is 8.42 Å². The van der Waals surface area contributed by atoms with Gasteiger partial charge in [-0.15, -0.1) is 0 Å². The first kappa shape index (κ1) is 17.9. The topological polar surface area (TPSA) is 113 Å². The molecule has 0 aromatic carbocycles. The molecule has 1 atom stereocenters. The predicted molar refractivity (Wildman–Crippen MR) is 75.2 cm³/mol. The van der Waals surface area contributed by atoms with Crippen LogP contribution in [0.3, 0.4) is 0 Å². The molecule has 1 heterocycles. The zero-order chi connectivity index (χ0) is 15.9. The van der Waals surface area contributed by atoms with E-state index in [1.54, 1.807) is 6.92 Å². The minimum absolute atomic E-state index is 0.124. The zero-order valence-corrected chi connectivity index (χ0v) is 12.9. The van der Waals surface area contributed by atoms with Crippen LogP contribution in [0.5, 0.6) is 0 Å². The van der Waals surface area contributed by atoms with Crippen molar-refractivity contribution in [1.29, 1.82) is 0 Å².